The van der Waals surface area contributed by atoms with Crippen molar-refractivity contribution in [1.82, 2.24) is 20.4 Å². The summed E-state index contributed by atoms with van der Waals surface area (Å²) in [6, 6.07) is 11.4. The normalized spacial score (nSPS) is 12.6. The molecule has 1 amide bonds. The van der Waals surface area contributed by atoms with Gasteiger partial charge in [-0.2, -0.15) is 4.98 Å². The van der Waals surface area contributed by atoms with Crippen molar-refractivity contribution in [1.29, 1.82) is 0 Å². The molecule has 3 rings (SSSR count). The number of carbonyl (C=O) groups is 1. The molecule has 28 heavy (non-hydrogen) atoms. The minimum Gasteiger partial charge on any atom is -0.349 e. The predicted molar refractivity (Wildman–Crippen MR) is 103 cm³/mol. The molecule has 1 atom stereocenters. The van der Waals surface area contributed by atoms with E-state index in [9.17, 15) is 9.18 Å². The van der Waals surface area contributed by atoms with E-state index in [-0.39, 0.29) is 29.6 Å². The van der Waals surface area contributed by atoms with Crippen LogP contribution < -0.4 is 5.32 Å². The van der Waals surface area contributed by atoms with E-state index >= 15 is 0 Å². The first kappa shape index (κ1) is 19.7. The molecular formula is C21H23FN4O2. The minimum absolute atomic E-state index is 0.137. The molecule has 0 aliphatic heterocycles. The molecule has 1 N–H and O–H groups in total. The van der Waals surface area contributed by atoms with Gasteiger partial charge in [-0.1, -0.05) is 44.1 Å². The lowest BCUT2D eigenvalue weighted by atomic mass is 9.82. The lowest BCUT2D eigenvalue weighted by Gasteiger charge is -2.32. The summed E-state index contributed by atoms with van der Waals surface area (Å²) in [4.78, 5) is 21.0. The van der Waals surface area contributed by atoms with E-state index in [0.717, 1.165) is 5.56 Å². The van der Waals surface area contributed by atoms with Crippen LogP contribution in [0.1, 0.15) is 44.7 Å². The summed E-state index contributed by atoms with van der Waals surface area (Å²) in [6.07, 6.45) is 2.18. The number of pyridine rings is 1. The SMILES string of the molecule is CC(C)(C)C(NC(=O)CCc1nc(-c2ccccn2)no1)c1ccc(F)cc1. The maximum absolute atomic E-state index is 13.2. The van der Waals surface area contributed by atoms with Gasteiger partial charge in [0, 0.05) is 19.0 Å². The Morgan fingerprint density at radius 2 is 1.93 bits per heavy atom. The third-order valence-electron chi connectivity index (χ3n) is 4.30. The number of amides is 1. The Kier molecular flexibility index (Phi) is 5.82. The van der Waals surface area contributed by atoms with Gasteiger partial charge >= 0.3 is 0 Å². The number of nitrogens with one attached hydrogen (secondary N) is 1. The van der Waals surface area contributed by atoms with Crippen molar-refractivity contribution in [3.05, 3.63) is 65.9 Å². The van der Waals surface area contributed by atoms with E-state index in [1.807, 2.05) is 32.9 Å². The van der Waals surface area contributed by atoms with Gasteiger partial charge in [-0.15, -0.1) is 0 Å². The van der Waals surface area contributed by atoms with Gasteiger partial charge in [-0.05, 0) is 35.2 Å². The molecular weight excluding hydrogens is 359 g/mol. The third kappa shape index (κ3) is 5.00. The summed E-state index contributed by atoms with van der Waals surface area (Å²) in [5.74, 6) is 0.337. The summed E-state index contributed by atoms with van der Waals surface area (Å²) in [5.41, 5.74) is 1.24. The monoisotopic (exact) mass is 382 g/mol. The van der Waals surface area contributed by atoms with E-state index in [1.54, 1.807) is 24.4 Å². The highest BCUT2D eigenvalue weighted by molar-refractivity contribution is 5.76. The topological polar surface area (TPSA) is 80.9 Å². The van der Waals surface area contributed by atoms with Gasteiger partial charge in [0.1, 0.15) is 11.5 Å². The van der Waals surface area contributed by atoms with Crippen LogP contribution in [0, 0.1) is 11.2 Å². The fourth-order valence-corrected chi connectivity index (χ4v) is 2.86. The second kappa shape index (κ2) is 8.29. The fourth-order valence-electron chi connectivity index (χ4n) is 2.86. The molecule has 6 nitrogen and oxygen atoms in total. The molecule has 7 heteroatoms. The first-order chi connectivity index (χ1) is 13.3. The Morgan fingerprint density at radius 3 is 2.57 bits per heavy atom. The van der Waals surface area contributed by atoms with E-state index < -0.39 is 0 Å². The first-order valence-corrected chi connectivity index (χ1v) is 9.12. The molecule has 1 aromatic carbocycles. The maximum atomic E-state index is 13.2. The Bertz CT molecular complexity index is 918. The van der Waals surface area contributed by atoms with Crippen LogP contribution in [0.5, 0.6) is 0 Å². The van der Waals surface area contributed by atoms with E-state index in [1.165, 1.54) is 12.1 Å². The molecule has 0 saturated heterocycles. The zero-order valence-electron chi connectivity index (χ0n) is 16.1. The average Bonchev–Trinajstić information content (AvgIpc) is 3.14. The van der Waals surface area contributed by atoms with Crippen LogP contribution in [0.4, 0.5) is 4.39 Å². The number of aromatic nitrogens is 3. The van der Waals surface area contributed by atoms with E-state index in [4.69, 9.17) is 4.52 Å². The molecule has 1 unspecified atom stereocenters. The largest absolute Gasteiger partial charge is 0.349 e. The van der Waals surface area contributed by atoms with Crippen molar-refractivity contribution in [3.8, 4) is 11.5 Å². The van der Waals surface area contributed by atoms with Crippen molar-refractivity contribution >= 4 is 5.91 Å². The number of benzene rings is 1. The van der Waals surface area contributed by atoms with E-state index in [0.29, 0.717) is 23.8 Å². The number of halogens is 1. The Labute approximate surface area is 163 Å². The summed E-state index contributed by atoms with van der Waals surface area (Å²) >= 11 is 0. The number of rotatable bonds is 6. The Balaban J connectivity index is 1.62. The summed E-state index contributed by atoms with van der Waals surface area (Å²) in [7, 11) is 0. The molecule has 0 fully saturated rings. The van der Waals surface area contributed by atoms with Gasteiger partial charge < -0.3 is 9.84 Å². The molecule has 3 aromatic rings. The molecule has 0 radical (unpaired) electrons. The number of nitrogens with zero attached hydrogens (tertiary/aromatic N) is 3. The van der Waals surface area contributed by atoms with Crippen LogP contribution >= 0.6 is 0 Å². The molecule has 0 aliphatic carbocycles. The highest BCUT2D eigenvalue weighted by Crippen LogP contribution is 2.32. The van der Waals surface area contributed by atoms with Crippen molar-refractivity contribution in [3.63, 3.8) is 0 Å². The van der Waals surface area contributed by atoms with Crippen molar-refractivity contribution in [2.75, 3.05) is 0 Å². The molecule has 0 spiro atoms. The number of hydrogen-bond donors (Lipinski definition) is 1. The Hall–Kier alpha value is -3.09. The van der Waals surface area contributed by atoms with Crippen LogP contribution in [-0.4, -0.2) is 21.0 Å². The van der Waals surface area contributed by atoms with Gasteiger partial charge in [-0.25, -0.2) is 4.39 Å². The van der Waals surface area contributed by atoms with Crippen molar-refractivity contribution in [2.45, 2.75) is 39.7 Å². The highest BCUT2D eigenvalue weighted by Gasteiger charge is 2.28. The number of hydrogen-bond acceptors (Lipinski definition) is 5. The lowest BCUT2D eigenvalue weighted by Crippen LogP contribution is -2.36. The first-order valence-electron chi connectivity index (χ1n) is 9.12. The van der Waals surface area contributed by atoms with Crippen LogP contribution in [0.25, 0.3) is 11.5 Å². The van der Waals surface area contributed by atoms with Crippen LogP contribution in [-0.2, 0) is 11.2 Å². The number of carbonyl (C=O) groups excluding carboxylic acids is 1. The van der Waals surface area contributed by atoms with Crippen LogP contribution in [0.3, 0.4) is 0 Å². The zero-order valence-corrected chi connectivity index (χ0v) is 16.1. The summed E-state index contributed by atoms with van der Waals surface area (Å²) < 4.78 is 18.4. The smallest absolute Gasteiger partial charge is 0.227 e. The summed E-state index contributed by atoms with van der Waals surface area (Å²) in [6.45, 7) is 6.08. The van der Waals surface area contributed by atoms with Crippen molar-refractivity contribution < 1.29 is 13.7 Å². The van der Waals surface area contributed by atoms with Gasteiger partial charge in [0.2, 0.25) is 17.6 Å². The molecule has 0 aliphatic rings. The highest BCUT2D eigenvalue weighted by atomic mass is 19.1. The quantitative estimate of drug-likeness (QED) is 0.694. The van der Waals surface area contributed by atoms with Crippen LogP contribution in [0.2, 0.25) is 0 Å². The third-order valence-corrected chi connectivity index (χ3v) is 4.30. The van der Waals surface area contributed by atoms with Gasteiger partial charge in [0.25, 0.3) is 0 Å². The maximum Gasteiger partial charge on any atom is 0.227 e. The van der Waals surface area contributed by atoms with Gasteiger partial charge in [-0.3, -0.25) is 9.78 Å². The van der Waals surface area contributed by atoms with Gasteiger partial charge in [0.05, 0.1) is 6.04 Å². The lowest BCUT2D eigenvalue weighted by molar-refractivity contribution is -0.122. The molecule has 146 valence electrons. The van der Waals surface area contributed by atoms with Gasteiger partial charge in [0.15, 0.2) is 0 Å². The predicted octanol–water partition coefficient (Wildman–Crippen LogP) is 4.11. The second-order valence-electron chi connectivity index (χ2n) is 7.64. The van der Waals surface area contributed by atoms with Crippen molar-refractivity contribution in [2.24, 2.45) is 5.41 Å². The number of aryl methyl sites for hydroxylation is 1. The van der Waals surface area contributed by atoms with Crippen LogP contribution in [0.15, 0.2) is 53.2 Å². The second-order valence-corrected chi connectivity index (χ2v) is 7.64. The molecule has 0 saturated carbocycles. The minimum atomic E-state index is -0.303. The molecule has 0 bridgehead atoms. The Morgan fingerprint density at radius 1 is 1.18 bits per heavy atom. The fraction of sp³-hybridized carbons (Fsp3) is 0.333. The molecule has 2 heterocycles. The molecule has 2 aromatic heterocycles. The summed E-state index contributed by atoms with van der Waals surface area (Å²) in [5, 5.41) is 6.94. The zero-order chi connectivity index (χ0) is 20.1. The van der Waals surface area contributed by atoms with E-state index in [2.05, 4.69) is 20.4 Å². The standard InChI is InChI=1S/C21H23FN4O2/c1-21(2,3)19(14-7-9-15(22)10-8-14)24-17(27)11-12-18-25-20(26-28-18)16-6-4-5-13-23-16/h4-10,13,19H,11-12H2,1-3H3,(H,24,27). The average molecular weight is 382 g/mol.